The van der Waals surface area contributed by atoms with Gasteiger partial charge in [0.25, 0.3) is 0 Å². The molecule has 0 aromatic carbocycles. The second kappa shape index (κ2) is 8.73. The summed E-state index contributed by atoms with van der Waals surface area (Å²) in [7, 11) is 0. The van der Waals surface area contributed by atoms with Gasteiger partial charge in [0.1, 0.15) is 0 Å². The third-order valence-electron chi connectivity index (χ3n) is 3.92. The van der Waals surface area contributed by atoms with Gasteiger partial charge in [-0.3, -0.25) is 9.89 Å². The van der Waals surface area contributed by atoms with Crippen LogP contribution >= 0.6 is 0 Å². The van der Waals surface area contributed by atoms with E-state index in [0.29, 0.717) is 45.2 Å². The van der Waals surface area contributed by atoms with Crippen molar-refractivity contribution in [3.05, 3.63) is 0 Å². The van der Waals surface area contributed by atoms with Crippen LogP contribution in [-0.2, 0) is 4.74 Å². The van der Waals surface area contributed by atoms with E-state index in [1.807, 2.05) is 6.92 Å². The fraction of sp³-hybridized carbons (Fsp3) is 0.933. The Bertz CT molecular complexity index is 385. The van der Waals surface area contributed by atoms with Crippen molar-refractivity contribution in [2.75, 3.05) is 45.9 Å². The molecule has 0 radical (unpaired) electrons. The molecule has 0 spiro atoms. The molecule has 2 aliphatic rings. The summed E-state index contributed by atoms with van der Waals surface area (Å²) in [5, 5.41) is 6.35. The average molecular weight is 336 g/mol. The number of aliphatic imine (C=N–C) groups is 1. The summed E-state index contributed by atoms with van der Waals surface area (Å²) < 4.78 is 42.8. The van der Waals surface area contributed by atoms with Gasteiger partial charge < -0.3 is 15.4 Å². The second-order valence-corrected chi connectivity index (χ2v) is 6.26. The molecule has 1 aliphatic carbocycles. The molecule has 0 aromatic rings. The standard InChI is InChI=1S/C15H27F3N4O/c1-2-19-14(20-6-8-23-10-12-3-4-12)21-13-5-7-22(9-13)11-15(16,17)18/h12-13H,2-11H2,1H3,(H2,19,20,21). The molecule has 1 saturated heterocycles. The molecule has 0 bridgehead atoms. The molecule has 1 unspecified atom stereocenters. The molecule has 1 atom stereocenters. The van der Waals surface area contributed by atoms with E-state index in [-0.39, 0.29) is 6.04 Å². The maximum Gasteiger partial charge on any atom is 0.401 e. The van der Waals surface area contributed by atoms with E-state index in [4.69, 9.17) is 4.74 Å². The van der Waals surface area contributed by atoms with Crippen LogP contribution in [0.15, 0.2) is 4.99 Å². The Morgan fingerprint density at radius 2 is 2.09 bits per heavy atom. The van der Waals surface area contributed by atoms with Crippen molar-refractivity contribution in [1.29, 1.82) is 0 Å². The van der Waals surface area contributed by atoms with Crippen molar-refractivity contribution in [3.63, 3.8) is 0 Å². The first kappa shape index (κ1) is 18.3. The Morgan fingerprint density at radius 1 is 1.30 bits per heavy atom. The highest BCUT2D eigenvalue weighted by molar-refractivity contribution is 5.80. The minimum absolute atomic E-state index is 0.00234. The summed E-state index contributed by atoms with van der Waals surface area (Å²) in [6.07, 6.45) is -0.905. The van der Waals surface area contributed by atoms with Gasteiger partial charge in [0.15, 0.2) is 5.96 Å². The van der Waals surface area contributed by atoms with Crippen LogP contribution in [0.5, 0.6) is 0 Å². The quantitative estimate of drug-likeness (QED) is 0.402. The molecule has 23 heavy (non-hydrogen) atoms. The van der Waals surface area contributed by atoms with Gasteiger partial charge in [-0.15, -0.1) is 0 Å². The Kier molecular flexibility index (Phi) is 6.95. The molecular formula is C15H27F3N4O. The Hall–Kier alpha value is -1.02. The van der Waals surface area contributed by atoms with Crippen molar-refractivity contribution in [2.24, 2.45) is 10.9 Å². The van der Waals surface area contributed by atoms with E-state index in [2.05, 4.69) is 15.6 Å². The monoisotopic (exact) mass is 336 g/mol. The van der Waals surface area contributed by atoms with Crippen LogP contribution in [0.2, 0.25) is 0 Å². The molecule has 134 valence electrons. The van der Waals surface area contributed by atoms with Gasteiger partial charge in [0.2, 0.25) is 0 Å². The van der Waals surface area contributed by atoms with Crippen LogP contribution in [0.3, 0.4) is 0 Å². The van der Waals surface area contributed by atoms with E-state index < -0.39 is 12.7 Å². The van der Waals surface area contributed by atoms with Crippen LogP contribution in [0.25, 0.3) is 0 Å². The predicted octanol–water partition coefficient (Wildman–Crippen LogP) is 1.60. The summed E-state index contributed by atoms with van der Waals surface area (Å²) >= 11 is 0. The highest BCUT2D eigenvalue weighted by Crippen LogP contribution is 2.28. The first-order valence-corrected chi connectivity index (χ1v) is 8.38. The van der Waals surface area contributed by atoms with E-state index in [9.17, 15) is 13.2 Å². The molecule has 8 heteroatoms. The molecule has 0 amide bonds. The lowest BCUT2D eigenvalue weighted by Gasteiger charge is -2.19. The molecule has 2 fully saturated rings. The Labute approximate surface area is 135 Å². The molecule has 0 aromatic heterocycles. The van der Waals surface area contributed by atoms with Crippen LogP contribution < -0.4 is 10.6 Å². The number of likely N-dealkylation sites (tertiary alicyclic amines) is 1. The third-order valence-corrected chi connectivity index (χ3v) is 3.92. The number of guanidine groups is 1. The number of hydrogen-bond acceptors (Lipinski definition) is 3. The van der Waals surface area contributed by atoms with Crippen LogP contribution in [0.4, 0.5) is 13.2 Å². The van der Waals surface area contributed by atoms with E-state index in [1.54, 1.807) is 0 Å². The van der Waals surface area contributed by atoms with Gasteiger partial charge in [0, 0.05) is 32.3 Å². The van der Waals surface area contributed by atoms with Crippen molar-refractivity contribution >= 4 is 5.96 Å². The van der Waals surface area contributed by atoms with E-state index in [0.717, 1.165) is 12.5 Å². The van der Waals surface area contributed by atoms with Crippen LogP contribution in [0, 0.1) is 5.92 Å². The summed E-state index contributed by atoms with van der Waals surface area (Å²) in [5.41, 5.74) is 0. The van der Waals surface area contributed by atoms with Crippen molar-refractivity contribution in [2.45, 2.75) is 38.4 Å². The minimum Gasteiger partial charge on any atom is -0.379 e. The molecule has 5 nitrogen and oxygen atoms in total. The Morgan fingerprint density at radius 3 is 2.74 bits per heavy atom. The number of rotatable bonds is 8. The predicted molar refractivity (Wildman–Crippen MR) is 83.6 cm³/mol. The highest BCUT2D eigenvalue weighted by atomic mass is 19.4. The topological polar surface area (TPSA) is 48.9 Å². The lowest BCUT2D eigenvalue weighted by molar-refractivity contribution is -0.143. The fourth-order valence-corrected chi connectivity index (χ4v) is 2.62. The van der Waals surface area contributed by atoms with Gasteiger partial charge in [-0.2, -0.15) is 13.2 Å². The highest BCUT2D eigenvalue weighted by Gasteiger charge is 2.34. The number of hydrogen-bond donors (Lipinski definition) is 2. The third kappa shape index (κ3) is 7.87. The van der Waals surface area contributed by atoms with Crippen LogP contribution in [0.1, 0.15) is 26.2 Å². The number of nitrogens with zero attached hydrogens (tertiary/aromatic N) is 2. The molecule has 2 rings (SSSR count). The zero-order valence-electron chi connectivity index (χ0n) is 13.7. The molecule has 1 saturated carbocycles. The van der Waals surface area contributed by atoms with E-state index >= 15 is 0 Å². The lowest BCUT2D eigenvalue weighted by atomic mass is 10.3. The van der Waals surface area contributed by atoms with Gasteiger partial charge in [-0.1, -0.05) is 0 Å². The molecule has 2 N–H and O–H groups in total. The first-order valence-electron chi connectivity index (χ1n) is 8.38. The Balaban J connectivity index is 1.68. The maximum absolute atomic E-state index is 12.4. The largest absolute Gasteiger partial charge is 0.401 e. The second-order valence-electron chi connectivity index (χ2n) is 6.26. The minimum atomic E-state index is -4.13. The van der Waals surface area contributed by atoms with E-state index in [1.165, 1.54) is 17.7 Å². The molecule has 1 heterocycles. The van der Waals surface area contributed by atoms with Crippen molar-refractivity contribution in [3.8, 4) is 0 Å². The molecule has 1 aliphatic heterocycles. The fourth-order valence-electron chi connectivity index (χ4n) is 2.62. The van der Waals surface area contributed by atoms with Crippen LogP contribution in [-0.4, -0.2) is 69.0 Å². The summed E-state index contributed by atoms with van der Waals surface area (Å²) in [4.78, 5) is 5.85. The zero-order chi connectivity index (χ0) is 16.7. The van der Waals surface area contributed by atoms with Crippen molar-refractivity contribution in [1.82, 2.24) is 15.5 Å². The first-order chi connectivity index (χ1) is 11.0. The van der Waals surface area contributed by atoms with Gasteiger partial charge in [-0.05, 0) is 32.1 Å². The normalized spacial score (nSPS) is 23.3. The van der Waals surface area contributed by atoms with Gasteiger partial charge in [0.05, 0.1) is 19.7 Å². The van der Waals surface area contributed by atoms with Crippen molar-refractivity contribution < 1.29 is 17.9 Å². The maximum atomic E-state index is 12.4. The lowest BCUT2D eigenvalue weighted by Crippen LogP contribution is -2.45. The summed E-state index contributed by atoms with van der Waals surface area (Å²) in [6.45, 7) is 4.64. The number of alkyl halides is 3. The SMILES string of the molecule is CCNC(=NCCOCC1CC1)NC1CCN(CC(F)(F)F)C1. The average Bonchev–Trinajstić information content (AvgIpc) is 3.18. The number of nitrogens with one attached hydrogen (secondary N) is 2. The molecular weight excluding hydrogens is 309 g/mol. The summed E-state index contributed by atoms with van der Waals surface area (Å²) in [5.74, 6) is 1.39. The number of halogens is 3. The zero-order valence-corrected chi connectivity index (χ0v) is 13.7. The number of ether oxygens (including phenoxy) is 1. The van der Waals surface area contributed by atoms with Gasteiger partial charge in [-0.25, -0.2) is 0 Å². The smallest absolute Gasteiger partial charge is 0.379 e. The summed E-state index contributed by atoms with van der Waals surface area (Å²) in [6, 6.07) is 0.00234. The van der Waals surface area contributed by atoms with Gasteiger partial charge >= 0.3 is 6.18 Å².